The maximum Gasteiger partial charge on any atom is 0.260 e. The van der Waals surface area contributed by atoms with Crippen molar-refractivity contribution in [3.05, 3.63) is 23.8 Å². The lowest BCUT2D eigenvalue weighted by Gasteiger charge is -2.20. The zero-order valence-electron chi connectivity index (χ0n) is 16.0. The summed E-state index contributed by atoms with van der Waals surface area (Å²) in [7, 11) is -3.53. The molecule has 26 heavy (non-hydrogen) atoms. The molecule has 0 saturated carbocycles. The quantitative estimate of drug-likeness (QED) is 0.787. The Bertz CT molecular complexity index is 708. The number of nitrogens with one attached hydrogen (secondary N) is 1. The Kier molecular flexibility index (Phi) is 7.46. The summed E-state index contributed by atoms with van der Waals surface area (Å²) >= 11 is 0. The van der Waals surface area contributed by atoms with Gasteiger partial charge in [0.1, 0.15) is 5.75 Å². The SMILES string of the molecule is Cc1cc(S(=O)(=O)NCC(C)C)ccc1OCC(=O)N1CCCCCC1. The number of rotatable bonds is 7. The predicted molar refractivity (Wildman–Crippen MR) is 102 cm³/mol. The van der Waals surface area contributed by atoms with E-state index in [4.69, 9.17) is 4.74 Å². The average molecular weight is 383 g/mol. The second-order valence-electron chi connectivity index (χ2n) is 7.26. The lowest BCUT2D eigenvalue weighted by atomic mass is 10.2. The number of hydrogen-bond donors (Lipinski definition) is 1. The van der Waals surface area contributed by atoms with Crippen LogP contribution in [0.1, 0.15) is 45.1 Å². The summed E-state index contributed by atoms with van der Waals surface area (Å²) in [5, 5.41) is 0. The third-order valence-electron chi connectivity index (χ3n) is 4.45. The van der Waals surface area contributed by atoms with Crippen molar-refractivity contribution >= 4 is 15.9 Å². The second-order valence-corrected chi connectivity index (χ2v) is 9.02. The van der Waals surface area contributed by atoms with E-state index in [0.717, 1.165) is 25.9 Å². The van der Waals surface area contributed by atoms with Crippen molar-refractivity contribution in [2.24, 2.45) is 5.92 Å². The van der Waals surface area contributed by atoms with Crippen LogP contribution in [0, 0.1) is 12.8 Å². The number of benzene rings is 1. The van der Waals surface area contributed by atoms with Gasteiger partial charge in [0, 0.05) is 19.6 Å². The first-order valence-electron chi connectivity index (χ1n) is 9.30. The highest BCUT2D eigenvalue weighted by Gasteiger charge is 2.18. The van der Waals surface area contributed by atoms with E-state index in [9.17, 15) is 13.2 Å². The Morgan fingerprint density at radius 2 is 1.85 bits per heavy atom. The van der Waals surface area contributed by atoms with E-state index in [1.54, 1.807) is 19.1 Å². The molecule has 146 valence electrons. The van der Waals surface area contributed by atoms with Gasteiger partial charge < -0.3 is 9.64 Å². The molecular formula is C19H30N2O4S. The van der Waals surface area contributed by atoms with Crippen LogP contribution in [0.3, 0.4) is 0 Å². The topological polar surface area (TPSA) is 75.7 Å². The van der Waals surface area contributed by atoms with Gasteiger partial charge in [-0.25, -0.2) is 13.1 Å². The molecule has 1 aromatic carbocycles. The van der Waals surface area contributed by atoms with Gasteiger partial charge >= 0.3 is 0 Å². The van der Waals surface area contributed by atoms with Crippen molar-refractivity contribution in [1.29, 1.82) is 0 Å². The zero-order valence-corrected chi connectivity index (χ0v) is 16.8. The van der Waals surface area contributed by atoms with Crippen LogP contribution in [0.25, 0.3) is 0 Å². The Hall–Kier alpha value is -1.60. The van der Waals surface area contributed by atoms with Gasteiger partial charge in [-0.1, -0.05) is 26.7 Å². The maximum atomic E-state index is 12.3. The van der Waals surface area contributed by atoms with Gasteiger partial charge in [0.05, 0.1) is 4.90 Å². The number of nitrogens with zero attached hydrogens (tertiary/aromatic N) is 1. The van der Waals surface area contributed by atoms with Gasteiger partial charge in [0.25, 0.3) is 5.91 Å². The Balaban J connectivity index is 1.97. The molecule has 0 aromatic heterocycles. The molecule has 0 spiro atoms. The summed E-state index contributed by atoms with van der Waals surface area (Å²) < 4.78 is 32.8. The highest BCUT2D eigenvalue weighted by molar-refractivity contribution is 7.89. The molecule has 7 heteroatoms. The molecule has 0 radical (unpaired) electrons. The Labute approximate surface area is 157 Å². The van der Waals surface area contributed by atoms with E-state index in [1.807, 2.05) is 18.7 Å². The molecule has 1 amide bonds. The van der Waals surface area contributed by atoms with Gasteiger partial charge in [-0.05, 0) is 49.4 Å². The van der Waals surface area contributed by atoms with E-state index in [1.165, 1.54) is 18.9 Å². The van der Waals surface area contributed by atoms with Crippen LogP contribution in [0.15, 0.2) is 23.1 Å². The van der Waals surface area contributed by atoms with Crippen LogP contribution >= 0.6 is 0 Å². The largest absolute Gasteiger partial charge is 0.483 e. The number of amides is 1. The van der Waals surface area contributed by atoms with Gasteiger partial charge in [-0.15, -0.1) is 0 Å². The third kappa shape index (κ3) is 5.99. The normalized spacial score (nSPS) is 15.8. The fourth-order valence-corrected chi connectivity index (χ4v) is 4.16. The van der Waals surface area contributed by atoms with Crippen LogP contribution < -0.4 is 9.46 Å². The molecule has 0 aliphatic carbocycles. The molecule has 0 unspecified atom stereocenters. The van der Waals surface area contributed by atoms with Crippen LogP contribution in [0.5, 0.6) is 5.75 Å². The van der Waals surface area contributed by atoms with Gasteiger partial charge in [-0.3, -0.25) is 4.79 Å². The molecule has 0 atom stereocenters. The standard InChI is InChI=1S/C19H30N2O4S/c1-15(2)13-20-26(23,24)17-8-9-18(16(3)12-17)25-14-19(22)21-10-6-4-5-7-11-21/h8-9,12,15,20H,4-7,10-11,13-14H2,1-3H3. The van der Waals surface area contributed by atoms with Crippen molar-refractivity contribution in [1.82, 2.24) is 9.62 Å². The minimum atomic E-state index is -3.53. The molecule has 1 aliphatic rings. The fraction of sp³-hybridized carbons (Fsp3) is 0.632. The van der Waals surface area contributed by atoms with Crippen molar-refractivity contribution in [2.45, 2.75) is 51.3 Å². The Morgan fingerprint density at radius 3 is 2.42 bits per heavy atom. The highest BCUT2D eigenvalue weighted by Crippen LogP contribution is 2.22. The summed E-state index contributed by atoms with van der Waals surface area (Å²) in [5.74, 6) is 0.760. The first-order chi connectivity index (χ1) is 12.3. The summed E-state index contributed by atoms with van der Waals surface area (Å²) in [5.41, 5.74) is 0.695. The molecule has 1 aromatic rings. The van der Waals surface area contributed by atoms with Gasteiger partial charge in [0.15, 0.2) is 6.61 Å². The average Bonchev–Trinajstić information content (AvgIpc) is 2.88. The number of carbonyl (C=O) groups is 1. The number of aryl methyl sites for hydroxylation is 1. The van der Waals surface area contributed by atoms with Crippen molar-refractivity contribution in [3.63, 3.8) is 0 Å². The highest BCUT2D eigenvalue weighted by atomic mass is 32.2. The molecule has 0 bridgehead atoms. The molecule has 1 N–H and O–H groups in total. The number of ether oxygens (including phenoxy) is 1. The number of sulfonamides is 1. The molecular weight excluding hydrogens is 352 g/mol. The smallest absolute Gasteiger partial charge is 0.260 e. The number of carbonyl (C=O) groups excluding carboxylic acids is 1. The van der Waals surface area contributed by atoms with Gasteiger partial charge in [0.2, 0.25) is 10.0 Å². The predicted octanol–water partition coefficient (Wildman–Crippen LogP) is 2.71. The van der Waals surface area contributed by atoms with Crippen LogP contribution in [-0.4, -0.2) is 45.5 Å². The molecule has 1 saturated heterocycles. The maximum absolute atomic E-state index is 12.3. The lowest BCUT2D eigenvalue weighted by Crippen LogP contribution is -2.35. The van der Waals surface area contributed by atoms with E-state index in [2.05, 4.69) is 4.72 Å². The van der Waals surface area contributed by atoms with Crippen molar-refractivity contribution < 1.29 is 17.9 Å². The first kappa shape index (κ1) is 20.7. The second kappa shape index (κ2) is 9.37. The minimum Gasteiger partial charge on any atom is -0.483 e. The molecule has 1 fully saturated rings. The Morgan fingerprint density at radius 1 is 1.19 bits per heavy atom. The summed E-state index contributed by atoms with van der Waals surface area (Å²) in [6.07, 6.45) is 4.43. The van der Waals surface area contributed by atoms with Crippen molar-refractivity contribution in [3.8, 4) is 5.75 Å². The monoisotopic (exact) mass is 382 g/mol. The van der Waals surface area contributed by atoms with Crippen LogP contribution in [-0.2, 0) is 14.8 Å². The van der Waals surface area contributed by atoms with Gasteiger partial charge in [-0.2, -0.15) is 0 Å². The first-order valence-corrected chi connectivity index (χ1v) is 10.8. The number of hydrogen-bond acceptors (Lipinski definition) is 4. The number of likely N-dealkylation sites (tertiary alicyclic amines) is 1. The summed E-state index contributed by atoms with van der Waals surface area (Å²) in [6.45, 7) is 7.65. The van der Waals surface area contributed by atoms with E-state index < -0.39 is 10.0 Å². The fourth-order valence-electron chi connectivity index (χ4n) is 2.86. The van der Waals surface area contributed by atoms with Crippen LogP contribution in [0.2, 0.25) is 0 Å². The lowest BCUT2D eigenvalue weighted by molar-refractivity contribution is -0.133. The summed E-state index contributed by atoms with van der Waals surface area (Å²) in [4.78, 5) is 14.4. The molecule has 1 heterocycles. The third-order valence-corrected chi connectivity index (χ3v) is 5.87. The van der Waals surface area contributed by atoms with Crippen LogP contribution in [0.4, 0.5) is 0 Å². The van der Waals surface area contributed by atoms with E-state index in [0.29, 0.717) is 17.9 Å². The molecule has 6 nitrogen and oxygen atoms in total. The zero-order chi connectivity index (χ0) is 19.2. The molecule has 1 aliphatic heterocycles. The minimum absolute atomic E-state index is 0.0124. The van der Waals surface area contributed by atoms with E-state index in [-0.39, 0.29) is 23.3 Å². The van der Waals surface area contributed by atoms with Crippen molar-refractivity contribution in [2.75, 3.05) is 26.2 Å². The molecule has 2 rings (SSSR count). The summed E-state index contributed by atoms with van der Waals surface area (Å²) in [6, 6.07) is 4.71. The van der Waals surface area contributed by atoms with E-state index >= 15 is 0 Å².